The van der Waals surface area contributed by atoms with E-state index in [1.54, 1.807) is 29.7 Å². The Labute approximate surface area is 269 Å². The third-order valence-corrected chi connectivity index (χ3v) is 8.85. The van der Waals surface area contributed by atoms with Gasteiger partial charge in [0.05, 0.1) is 23.6 Å². The Balaban J connectivity index is 1.22. The van der Waals surface area contributed by atoms with Crippen molar-refractivity contribution >= 4 is 28.5 Å². The predicted molar refractivity (Wildman–Crippen MR) is 178 cm³/mol. The van der Waals surface area contributed by atoms with Crippen LogP contribution in [0.3, 0.4) is 0 Å². The number of likely N-dealkylation sites (tertiary alicyclic amines) is 1. The molecule has 1 aliphatic rings. The normalized spacial score (nSPS) is 14.7. The number of hydrogen-bond donors (Lipinski definition) is 0. The number of carbonyl (C=O) groups excluding carboxylic acids is 1. The first kappa shape index (κ1) is 32.7. The first-order valence-electron chi connectivity index (χ1n) is 15.8. The van der Waals surface area contributed by atoms with Crippen LogP contribution in [0.4, 0.5) is 0 Å². The Morgan fingerprint density at radius 3 is 2.11 bits per heavy atom. The number of rotatable bonds is 12. The van der Waals surface area contributed by atoms with Crippen LogP contribution in [0, 0.1) is 0 Å². The lowest BCUT2D eigenvalue weighted by Gasteiger charge is -2.34. The van der Waals surface area contributed by atoms with Gasteiger partial charge in [-0.3, -0.25) is 9.36 Å². The summed E-state index contributed by atoms with van der Waals surface area (Å²) in [6, 6.07) is 25.6. The molecule has 0 amide bonds. The number of fused-ring (bicyclic) bond motifs is 1. The number of ether oxygens (including phenoxy) is 2. The molecule has 4 aromatic rings. The van der Waals surface area contributed by atoms with Gasteiger partial charge in [0.15, 0.2) is 0 Å². The van der Waals surface area contributed by atoms with Crippen LogP contribution in [0.25, 0.3) is 10.9 Å². The minimum absolute atomic E-state index is 0.0948. The van der Waals surface area contributed by atoms with Crippen molar-refractivity contribution in [1.82, 2.24) is 14.0 Å². The molecule has 1 fully saturated rings. The quantitative estimate of drug-likeness (QED) is 0.137. The zero-order valence-corrected chi connectivity index (χ0v) is 27.0. The highest BCUT2D eigenvalue weighted by Gasteiger charge is 2.36. The summed E-state index contributed by atoms with van der Waals surface area (Å²) in [6.45, 7) is 8.09. The molecule has 1 saturated heterocycles. The van der Waals surface area contributed by atoms with Crippen LogP contribution in [0.15, 0.2) is 88.5 Å². The summed E-state index contributed by atoms with van der Waals surface area (Å²) >= 11 is 6.28. The summed E-state index contributed by atoms with van der Waals surface area (Å²) in [7, 11) is 0. The maximum absolute atomic E-state index is 13.7. The molecule has 1 aromatic heterocycles. The Bertz CT molecular complexity index is 1670. The maximum atomic E-state index is 13.7. The highest BCUT2D eigenvalue weighted by Crippen LogP contribution is 2.30. The van der Waals surface area contributed by atoms with Crippen LogP contribution in [0.5, 0.6) is 0 Å². The molecular formula is C36H42ClN3O5. The Morgan fingerprint density at radius 2 is 1.51 bits per heavy atom. The Morgan fingerprint density at radius 1 is 0.911 bits per heavy atom. The van der Waals surface area contributed by atoms with Crippen molar-refractivity contribution in [1.29, 1.82) is 0 Å². The van der Waals surface area contributed by atoms with Crippen LogP contribution < -0.4 is 11.2 Å². The summed E-state index contributed by atoms with van der Waals surface area (Å²) in [5.74, 6) is -0.629. The lowest BCUT2D eigenvalue weighted by atomic mass is 10.00. The number of carbonyl (C=O) groups is 1. The molecule has 0 atom stereocenters. The van der Waals surface area contributed by atoms with Crippen molar-refractivity contribution in [2.24, 2.45) is 0 Å². The minimum atomic E-state index is -1.47. The van der Waals surface area contributed by atoms with Crippen LogP contribution in [-0.2, 0) is 26.4 Å². The van der Waals surface area contributed by atoms with Gasteiger partial charge in [0.25, 0.3) is 5.56 Å². The SMILES string of the molecule is CCOC(=O)C(C)(C)n1c(=O)c2ccc(Cl)cc2n(CCCCN2CCC(OC(c3ccccc3)c3ccccc3)CC2)c1=O. The van der Waals surface area contributed by atoms with Gasteiger partial charge < -0.3 is 14.4 Å². The third kappa shape index (κ3) is 7.40. The zero-order valence-electron chi connectivity index (χ0n) is 26.3. The van der Waals surface area contributed by atoms with E-state index in [0.717, 1.165) is 61.0 Å². The number of unbranched alkanes of at least 4 members (excludes halogenated alkanes) is 1. The largest absolute Gasteiger partial charge is 0.464 e. The molecule has 0 N–H and O–H groups in total. The van der Waals surface area contributed by atoms with E-state index in [4.69, 9.17) is 21.1 Å². The Hall–Kier alpha value is -3.72. The second kappa shape index (κ2) is 14.6. The van der Waals surface area contributed by atoms with E-state index in [-0.39, 0.29) is 18.8 Å². The van der Waals surface area contributed by atoms with E-state index < -0.39 is 22.8 Å². The predicted octanol–water partition coefficient (Wildman–Crippen LogP) is 6.17. The molecule has 0 aliphatic carbocycles. The van der Waals surface area contributed by atoms with E-state index in [1.807, 2.05) is 12.1 Å². The highest BCUT2D eigenvalue weighted by molar-refractivity contribution is 6.31. The summed E-state index contributed by atoms with van der Waals surface area (Å²) in [5, 5.41) is 0.770. The molecule has 8 nitrogen and oxygen atoms in total. The molecule has 0 unspecified atom stereocenters. The van der Waals surface area contributed by atoms with Gasteiger partial charge in [-0.05, 0) is 82.3 Å². The van der Waals surface area contributed by atoms with Crippen molar-refractivity contribution in [2.45, 2.75) is 70.7 Å². The molecule has 2 heterocycles. The van der Waals surface area contributed by atoms with E-state index in [1.165, 1.54) is 13.8 Å². The second-order valence-electron chi connectivity index (χ2n) is 12.1. The van der Waals surface area contributed by atoms with Gasteiger partial charge >= 0.3 is 11.7 Å². The fourth-order valence-corrected chi connectivity index (χ4v) is 6.29. The van der Waals surface area contributed by atoms with Gasteiger partial charge in [-0.15, -0.1) is 0 Å². The summed E-state index contributed by atoms with van der Waals surface area (Å²) in [4.78, 5) is 42.4. The average molecular weight is 632 g/mol. The maximum Gasteiger partial charge on any atom is 0.332 e. The third-order valence-electron chi connectivity index (χ3n) is 8.61. The lowest BCUT2D eigenvalue weighted by molar-refractivity contribution is -0.152. The number of nitrogens with zero attached hydrogens (tertiary/aromatic N) is 3. The van der Waals surface area contributed by atoms with E-state index in [2.05, 4.69) is 53.4 Å². The first-order valence-corrected chi connectivity index (χ1v) is 16.2. The number of aryl methyl sites for hydroxylation is 1. The van der Waals surface area contributed by atoms with E-state index in [0.29, 0.717) is 22.5 Å². The van der Waals surface area contributed by atoms with Crippen LogP contribution in [0.2, 0.25) is 5.02 Å². The first-order chi connectivity index (χ1) is 21.7. The number of aromatic nitrogens is 2. The van der Waals surface area contributed by atoms with Crippen LogP contribution in [0.1, 0.15) is 63.7 Å². The van der Waals surface area contributed by atoms with E-state index >= 15 is 0 Å². The fourth-order valence-electron chi connectivity index (χ4n) is 6.12. The number of esters is 1. The number of benzene rings is 3. The van der Waals surface area contributed by atoms with Gasteiger partial charge in [-0.1, -0.05) is 72.3 Å². The summed E-state index contributed by atoms with van der Waals surface area (Å²) in [6.07, 6.45) is 3.57. The lowest BCUT2D eigenvalue weighted by Crippen LogP contribution is -2.53. The molecule has 0 bridgehead atoms. The van der Waals surface area contributed by atoms with E-state index in [9.17, 15) is 14.4 Å². The summed E-state index contributed by atoms with van der Waals surface area (Å²) < 4.78 is 14.5. The van der Waals surface area contributed by atoms with Crippen molar-refractivity contribution < 1.29 is 14.3 Å². The highest BCUT2D eigenvalue weighted by atomic mass is 35.5. The minimum Gasteiger partial charge on any atom is -0.464 e. The van der Waals surface area contributed by atoms with Crippen LogP contribution >= 0.6 is 11.6 Å². The molecular weight excluding hydrogens is 590 g/mol. The molecule has 238 valence electrons. The smallest absolute Gasteiger partial charge is 0.332 e. The molecule has 0 saturated carbocycles. The molecule has 1 aliphatic heterocycles. The van der Waals surface area contributed by atoms with Gasteiger partial charge in [-0.25, -0.2) is 14.2 Å². The standard InChI is InChI=1S/C36H42ClN3O5/c1-4-44-34(42)36(2,3)40-33(41)30-18-17-28(37)25-31(30)39(35(40)43)22-12-11-21-38-23-19-29(20-24-38)45-32(26-13-7-5-8-14-26)27-15-9-6-10-16-27/h5-10,13-18,25,29,32H,4,11-12,19-24H2,1-3H3. The molecule has 5 rings (SSSR count). The zero-order chi connectivity index (χ0) is 32.0. The molecule has 0 radical (unpaired) electrons. The van der Waals surface area contributed by atoms with Crippen molar-refractivity contribution in [3.05, 3.63) is 116 Å². The van der Waals surface area contributed by atoms with Crippen molar-refractivity contribution in [3.63, 3.8) is 0 Å². The molecule has 0 spiro atoms. The molecule has 45 heavy (non-hydrogen) atoms. The Kier molecular flexibility index (Phi) is 10.6. The number of hydrogen-bond acceptors (Lipinski definition) is 6. The number of piperidine rings is 1. The topological polar surface area (TPSA) is 82.8 Å². The van der Waals surface area contributed by atoms with Gasteiger partial charge in [0, 0.05) is 24.7 Å². The van der Waals surface area contributed by atoms with Gasteiger partial charge in [-0.2, -0.15) is 0 Å². The average Bonchev–Trinajstić information content (AvgIpc) is 3.04. The second-order valence-corrected chi connectivity index (χ2v) is 12.5. The van der Waals surface area contributed by atoms with Crippen molar-refractivity contribution in [3.8, 4) is 0 Å². The fraction of sp³-hybridized carbons (Fsp3) is 0.417. The molecule has 3 aromatic carbocycles. The van der Waals surface area contributed by atoms with Crippen LogP contribution in [-0.4, -0.2) is 52.3 Å². The number of halogens is 1. The monoisotopic (exact) mass is 631 g/mol. The summed E-state index contributed by atoms with van der Waals surface area (Å²) in [5.41, 5.74) is 0.244. The van der Waals surface area contributed by atoms with Gasteiger partial charge in [0.1, 0.15) is 11.6 Å². The molecule has 9 heteroatoms. The van der Waals surface area contributed by atoms with Gasteiger partial charge in [0.2, 0.25) is 0 Å². The van der Waals surface area contributed by atoms with Crippen molar-refractivity contribution in [2.75, 3.05) is 26.2 Å².